The van der Waals surface area contributed by atoms with E-state index in [0.717, 1.165) is 6.07 Å². The van der Waals surface area contributed by atoms with Gasteiger partial charge in [-0.25, -0.2) is 13.8 Å². The molecule has 0 aliphatic heterocycles. The van der Waals surface area contributed by atoms with Crippen molar-refractivity contribution < 1.29 is 8.78 Å². The number of nitrogens with zero attached hydrogens (tertiary/aromatic N) is 2. The van der Waals surface area contributed by atoms with Crippen LogP contribution < -0.4 is 11.1 Å². The Morgan fingerprint density at radius 3 is 2.78 bits per heavy atom. The molecule has 1 aromatic heterocycles. The summed E-state index contributed by atoms with van der Waals surface area (Å²) in [6, 6.07) is 2.49. The van der Waals surface area contributed by atoms with E-state index in [4.69, 9.17) is 17.3 Å². The monoisotopic (exact) mass is 270 g/mol. The van der Waals surface area contributed by atoms with Crippen molar-refractivity contribution in [1.29, 1.82) is 0 Å². The second-order valence-electron chi connectivity index (χ2n) is 3.60. The van der Waals surface area contributed by atoms with Crippen molar-refractivity contribution >= 4 is 29.1 Å². The predicted molar refractivity (Wildman–Crippen MR) is 65.8 cm³/mol. The summed E-state index contributed by atoms with van der Waals surface area (Å²) in [6.07, 6.45) is 1.25. The first-order valence-corrected chi connectivity index (χ1v) is 5.36. The average molecular weight is 271 g/mol. The minimum absolute atomic E-state index is 0.0460. The highest BCUT2D eigenvalue weighted by Gasteiger charge is 2.14. The number of aryl methyl sites for hydroxylation is 1. The summed E-state index contributed by atoms with van der Waals surface area (Å²) in [6.45, 7) is 1.52. The summed E-state index contributed by atoms with van der Waals surface area (Å²) in [7, 11) is 0. The molecule has 1 heterocycles. The van der Waals surface area contributed by atoms with Crippen LogP contribution in [0.25, 0.3) is 0 Å². The number of anilines is 3. The Morgan fingerprint density at radius 2 is 2.06 bits per heavy atom. The number of aromatic nitrogens is 2. The molecule has 2 aromatic rings. The van der Waals surface area contributed by atoms with Gasteiger partial charge in [-0.3, -0.25) is 0 Å². The largest absolute Gasteiger partial charge is 0.368 e. The first-order valence-electron chi connectivity index (χ1n) is 4.98. The number of hydrogen-bond acceptors (Lipinski definition) is 4. The standard InChI is InChI=1S/C11H9ClF2N4/c1-5-2-3-7(13)9(8(5)14)17-10-6(12)4-16-11(15)18-10/h2-4H,1H3,(H3,15,16,17,18). The highest BCUT2D eigenvalue weighted by Crippen LogP contribution is 2.28. The molecule has 0 bridgehead atoms. The van der Waals surface area contributed by atoms with Gasteiger partial charge in [0, 0.05) is 0 Å². The molecule has 94 valence electrons. The van der Waals surface area contributed by atoms with Crippen molar-refractivity contribution in [3.8, 4) is 0 Å². The molecule has 0 radical (unpaired) electrons. The van der Waals surface area contributed by atoms with Crippen LogP contribution in [-0.2, 0) is 0 Å². The Morgan fingerprint density at radius 1 is 1.33 bits per heavy atom. The number of halogens is 3. The van der Waals surface area contributed by atoms with E-state index in [-0.39, 0.29) is 22.5 Å². The molecular weight excluding hydrogens is 262 g/mol. The van der Waals surface area contributed by atoms with Crippen LogP contribution in [0.5, 0.6) is 0 Å². The van der Waals surface area contributed by atoms with Gasteiger partial charge in [-0.15, -0.1) is 0 Å². The van der Waals surface area contributed by atoms with E-state index in [1.807, 2.05) is 0 Å². The minimum Gasteiger partial charge on any atom is -0.368 e. The molecule has 3 N–H and O–H groups in total. The molecular formula is C11H9ClF2N4. The molecule has 0 saturated heterocycles. The summed E-state index contributed by atoms with van der Waals surface area (Å²) in [4.78, 5) is 7.42. The number of rotatable bonds is 2. The van der Waals surface area contributed by atoms with E-state index in [1.54, 1.807) is 0 Å². The van der Waals surface area contributed by atoms with E-state index in [9.17, 15) is 8.78 Å². The Balaban J connectivity index is 2.46. The highest BCUT2D eigenvalue weighted by atomic mass is 35.5. The van der Waals surface area contributed by atoms with E-state index in [2.05, 4.69) is 15.3 Å². The second-order valence-corrected chi connectivity index (χ2v) is 4.01. The number of benzene rings is 1. The molecule has 2 rings (SSSR count). The third-order valence-corrected chi connectivity index (χ3v) is 2.57. The van der Waals surface area contributed by atoms with Crippen LogP contribution in [0, 0.1) is 18.6 Å². The van der Waals surface area contributed by atoms with Crippen LogP contribution in [0.15, 0.2) is 18.3 Å². The third kappa shape index (κ3) is 2.33. The smallest absolute Gasteiger partial charge is 0.222 e. The van der Waals surface area contributed by atoms with Crippen LogP contribution in [0.3, 0.4) is 0 Å². The molecule has 0 unspecified atom stereocenters. The van der Waals surface area contributed by atoms with Gasteiger partial charge in [-0.1, -0.05) is 17.7 Å². The lowest BCUT2D eigenvalue weighted by atomic mass is 10.2. The van der Waals surface area contributed by atoms with Gasteiger partial charge < -0.3 is 11.1 Å². The van der Waals surface area contributed by atoms with Crippen LogP contribution in [0.2, 0.25) is 5.02 Å². The van der Waals surface area contributed by atoms with E-state index >= 15 is 0 Å². The molecule has 1 aromatic carbocycles. The third-order valence-electron chi connectivity index (χ3n) is 2.29. The normalized spacial score (nSPS) is 10.4. The Labute approximate surface area is 107 Å². The zero-order valence-corrected chi connectivity index (χ0v) is 10.1. The van der Waals surface area contributed by atoms with E-state index in [1.165, 1.54) is 19.2 Å². The molecule has 0 amide bonds. The van der Waals surface area contributed by atoms with Crippen molar-refractivity contribution in [1.82, 2.24) is 9.97 Å². The Kier molecular flexibility index (Phi) is 3.29. The highest BCUT2D eigenvalue weighted by molar-refractivity contribution is 6.32. The quantitative estimate of drug-likeness (QED) is 0.880. The second kappa shape index (κ2) is 4.73. The topological polar surface area (TPSA) is 63.8 Å². The number of nitrogens with one attached hydrogen (secondary N) is 1. The van der Waals surface area contributed by atoms with Crippen LogP contribution in [0.1, 0.15) is 5.56 Å². The lowest BCUT2D eigenvalue weighted by molar-refractivity contribution is 0.584. The van der Waals surface area contributed by atoms with Gasteiger partial charge in [0.1, 0.15) is 16.5 Å². The summed E-state index contributed by atoms with van der Waals surface area (Å²) in [5.74, 6) is -1.45. The molecule has 0 aliphatic carbocycles. The summed E-state index contributed by atoms with van der Waals surface area (Å²) in [5.41, 5.74) is 5.36. The van der Waals surface area contributed by atoms with Crippen LogP contribution in [-0.4, -0.2) is 9.97 Å². The van der Waals surface area contributed by atoms with E-state index < -0.39 is 11.6 Å². The van der Waals surface area contributed by atoms with Crippen molar-refractivity contribution in [3.63, 3.8) is 0 Å². The van der Waals surface area contributed by atoms with Crippen LogP contribution >= 0.6 is 11.6 Å². The maximum Gasteiger partial charge on any atom is 0.222 e. The fourth-order valence-corrected chi connectivity index (χ4v) is 1.50. The van der Waals surface area contributed by atoms with Crippen molar-refractivity contribution in [2.24, 2.45) is 0 Å². The molecule has 18 heavy (non-hydrogen) atoms. The van der Waals surface area contributed by atoms with E-state index in [0.29, 0.717) is 5.56 Å². The van der Waals surface area contributed by atoms with Crippen molar-refractivity contribution in [3.05, 3.63) is 40.6 Å². The van der Waals surface area contributed by atoms with Gasteiger partial charge in [0.25, 0.3) is 0 Å². The molecule has 0 atom stereocenters. The van der Waals surface area contributed by atoms with Gasteiger partial charge in [-0.2, -0.15) is 4.98 Å². The van der Waals surface area contributed by atoms with Gasteiger partial charge in [-0.05, 0) is 18.6 Å². The van der Waals surface area contributed by atoms with Gasteiger partial charge in [0.2, 0.25) is 5.95 Å². The van der Waals surface area contributed by atoms with Crippen molar-refractivity contribution in [2.45, 2.75) is 6.92 Å². The molecule has 4 nitrogen and oxygen atoms in total. The summed E-state index contributed by atoms with van der Waals surface area (Å²) < 4.78 is 27.3. The number of nitrogen functional groups attached to an aromatic ring is 1. The molecule has 0 spiro atoms. The minimum atomic E-state index is -0.744. The molecule has 0 fully saturated rings. The number of nitrogens with two attached hydrogens (primary N) is 1. The molecule has 0 aliphatic rings. The summed E-state index contributed by atoms with van der Waals surface area (Å²) in [5, 5.41) is 2.59. The van der Waals surface area contributed by atoms with Gasteiger partial charge in [0.05, 0.1) is 6.20 Å². The first kappa shape index (κ1) is 12.5. The lowest BCUT2D eigenvalue weighted by Gasteiger charge is -2.10. The summed E-state index contributed by atoms with van der Waals surface area (Å²) >= 11 is 5.80. The van der Waals surface area contributed by atoms with Crippen molar-refractivity contribution in [2.75, 3.05) is 11.1 Å². The fourth-order valence-electron chi connectivity index (χ4n) is 1.36. The molecule has 0 saturated carbocycles. The molecule has 7 heteroatoms. The fraction of sp³-hybridized carbons (Fsp3) is 0.0909. The first-order chi connectivity index (χ1) is 8.49. The maximum absolute atomic E-state index is 13.8. The predicted octanol–water partition coefficient (Wildman–Crippen LogP) is 3.04. The average Bonchev–Trinajstić information content (AvgIpc) is 2.34. The maximum atomic E-state index is 13.8. The number of hydrogen-bond donors (Lipinski definition) is 2. The SMILES string of the molecule is Cc1ccc(F)c(Nc2nc(N)ncc2Cl)c1F. The Hall–Kier alpha value is -1.95. The lowest BCUT2D eigenvalue weighted by Crippen LogP contribution is -2.04. The Bertz CT molecular complexity index is 604. The van der Waals surface area contributed by atoms with Gasteiger partial charge in [0.15, 0.2) is 11.6 Å². The van der Waals surface area contributed by atoms with Crippen LogP contribution in [0.4, 0.5) is 26.2 Å². The zero-order chi connectivity index (χ0) is 13.3. The van der Waals surface area contributed by atoms with Gasteiger partial charge >= 0.3 is 0 Å². The zero-order valence-electron chi connectivity index (χ0n) is 9.34.